The number of carboxylic acids is 1. The fraction of sp³-hybridized carbons (Fsp3) is 0.346. The molecule has 186 valence electrons. The number of fused-ring (bicyclic) bond motifs is 1. The van der Waals surface area contributed by atoms with Gasteiger partial charge in [0.2, 0.25) is 0 Å². The Balaban J connectivity index is 1.53. The van der Waals surface area contributed by atoms with Gasteiger partial charge in [0, 0.05) is 19.4 Å². The summed E-state index contributed by atoms with van der Waals surface area (Å²) in [6.07, 6.45) is 0.841. The van der Waals surface area contributed by atoms with Crippen LogP contribution < -0.4 is 5.32 Å². The molecule has 0 fully saturated rings. The first kappa shape index (κ1) is 24.9. The third-order valence-corrected chi connectivity index (χ3v) is 6.32. The van der Waals surface area contributed by atoms with Crippen molar-refractivity contribution < 1.29 is 33.8 Å². The second-order valence-corrected chi connectivity index (χ2v) is 8.71. The van der Waals surface area contributed by atoms with Crippen LogP contribution in [0.25, 0.3) is 0 Å². The van der Waals surface area contributed by atoms with Crippen molar-refractivity contribution in [2.75, 3.05) is 13.1 Å². The van der Waals surface area contributed by atoms with E-state index in [-0.39, 0.29) is 23.5 Å². The van der Waals surface area contributed by atoms with Crippen LogP contribution in [-0.2, 0) is 20.8 Å². The SMILES string of the molecule is O=C(O)CC[C@@H](C(=O)[N+]1=NCCC[C@H]1C(=O)NCCc1ccccc1)N1C(=O)c2ccccc2C1=O. The minimum atomic E-state index is -1.39. The standard InChI is InChI=1S/C26H26N4O6/c31-22(32)13-12-21(29-24(34)18-9-4-5-10-19(18)25(29)35)26(36)30-20(11-6-15-28-30)23(33)27-16-14-17-7-2-1-3-8-17/h1-5,7-10,20-21H,6,11-16H2,(H-,27,31,32,33)/p+1/t20-,21-/m0/s1. The smallest absolute Gasteiger partial charge is 0.435 e. The molecule has 2 aromatic rings. The van der Waals surface area contributed by atoms with Crippen LogP contribution in [0.4, 0.5) is 0 Å². The summed E-state index contributed by atoms with van der Waals surface area (Å²) in [5.74, 6) is -3.63. The summed E-state index contributed by atoms with van der Waals surface area (Å²) in [5.41, 5.74) is 1.36. The van der Waals surface area contributed by atoms with Gasteiger partial charge in [-0.05, 0) is 46.8 Å². The number of carbonyl (C=O) groups excluding carboxylic acids is 4. The summed E-state index contributed by atoms with van der Waals surface area (Å²) in [7, 11) is 0. The maximum Gasteiger partial charge on any atom is 0.435 e. The minimum absolute atomic E-state index is 0.154. The lowest BCUT2D eigenvalue weighted by atomic mass is 10.0. The quantitative estimate of drug-likeness (QED) is 0.407. The van der Waals surface area contributed by atoms with Gasteiger partial charge in [0.1, 0.15) is 6.54 Å². The molecule has 10 nitrogen and oxygen atoms in total. The van der Waals surface area contributed by atoms with Gasteiger partial charge < -0.3 is 10.4 Å². The Morgan fingerprint density at radius 3 is 2.31 bits per heavy atom. The van der Waals surface area contributed by atoms with Crippen LogP contribution in [0.1, 0.15) is 52.0 Å². The van der Waals surface area contributed by atoms with Crippen molar-refractivity contribution in [1.29, 1.82) is 0 Å². The first-order valence-corrected chi connectivity index (χ1v) is 11.9. The van der Waals surface area contributed by atoms with Crippen molar-refractivity contribution in [2.45, 2.75) is 44.2 Å². The molecule has 4 rings (SSSR count). The minimum Gasteiger partial charge on any atom is -0.481 e. The molecule has 2 aliphatic heterocycles. The van der Waals surface area contributed by atoms with Crippen molar-refractivity contribution in [3.05, 3.63) is 71.3 Å². The summed E-state index contributed by atoms with van der Waals surface area (Å²) in [6, 6.07) is 13.5. The summed E-state index contributed by atoms with van der Waals surface area (Å²) in [6.45, 7) is 0.662. The van der Waals surface area contributed by atoms with E-state index in [0.717, 1.165) is 15.2 Å². The normalized spacial score (nSPS) is 17.8. The molecule has 0 aromatic heterocycles. The van der Waals surface area contributed by atoms with E-state index in [9.17, 15) is 29.1 Å². The highest BCUT2D eigenvalue weighted by Gasteiger charge is 2.50. The molecule has 2 atom stereocenters. The van der Waals surface area contributed by atoms with E-state index in [0.29, 0.717) is 32.4 Å². The molecule has 0 bridgehead atoms. The van der Waals surface area contributed by atoms with E-state index < -0.39 is 42.2 Å². The summed E-state index contributed by atoms with van der Waals surface area (Å²) >= 11 is 0. The third-order valence-electron chi connectivity index (χ3n) is 6.32. The van der Waals surface area contributed by atoms with Crippen LogP contribution in [-0.4, -0.2) is 69.5 Å². The Hall–Kier alpha value is -4.21. The second-order valence-electron chi connectivity index (χ2n) is 8.71. The molecular formula is C26H27N4O6+. The van der Waals surface area contributed by atoms with E-state index >= 15 is 0 Å². The molecule has 10 heteroatoms. The molecule has 2 heterocycles. The molecule has 0 aliphatic carbocycles. The predicted octanol–water partition coefficient (Wildman–Crippen LogP) is 2.03. The highest BCUT2D eigenvalue weighted by Crippen LogP contribution is 2.27. The lowest BCUT2D eigenvalue weighted by molar-refractivity contribution is -0.548. The molecule has 0 saturated heterocycles. The van der Waals surface area contributed by atoms with Gasteiger partial charge in [-0.3, -0.25) is 24.1 Å². The number of nitrogens with one attached hydrogen (secondary N) is 1. The van der Waals surface area contributed by atoms with Crippen molar-refractivity contribution in [3.8, 4) is 0 Å². The van der Waals surface area contributed by atoms with Crippen LogP contribution >= 0.6 is 0 Å². The molecule has 4 amide bonds. The Labute approximate surface area is 207 Å². The van der Waals surface area contributed by atoms with Crippen LogP contribution in [0, 0.1) is 0 Å². The number of nitrogens with zero attached hydrogens (tertiary/aromatic N) is 3. The first-order valence-electron chi connectivity index (χ1n) is 11.9. The van der Waals surface area contributed by atoms with Crippen LogP contribution in [0.15, 0.2) is 59.7 Å². The maximum absolute atomic E-state index is 13.7. The Kier molecular flexibility index (Phi) is 7.62. The van der Waals surface area contributed by atoms with E-state index in [4.69, 9.17) is 0 Å². The van der Waals surface area contributed by atoms with Crippen LogP contribution in [0.5, 0.6) is 0 Å². The molecule has 2 aromatic carbocycles. The Bertz CT molecular complexity index is 1190. The lowest BCUT2D eigenvalue weighted by Crippen LogP contribution is -2.54. The largest absolute Gasteiger partial charge is 0.481 e. The van der Waals surface area contributed by atoms with E-state index in [1.165, 1.54) is 12.1 Å². The summed E-state index contributed by atoms with van der Waals surface area (Å²) in [4.78, 5) is 64.9. The van der Waals surface area contributed by atoms with Gasteiger partial charge in [0.25, 0.3) is 23.8 Å². The fourth-order valence-electron chi connectivity index (χ4n) is 4.51. The molecule has 2 aliphatic rings. The summed E-state index contributed by atoms with van der Waals surface area (Å²) in [5, 5.41) is 16.3. The number of hydrogen-bond donors (Lipinski definition) is 2. The van der Waals surface area contributed by atoms with Gasteiger partial charge in [0.15, 0.2) is 6.04 Å². The summed E-state index contributed by atoms with van der Waals surface area (Å²) < 4.78 is 1.04. The monoisotopic (exact) mass is 491 g/mol. The number of aliphatic carboxylic acids is 1. The number of imide groups is 1. The fourth-order valence-corrected chi connectivity index (χ4v) is 4.51. The molecule has 0 unspecified atom stereocenters. The number of amides is 4. The maximum atomic E-state index is 13.7. The van der Waals surface area contributed by atoms with E-state index in [1.54, 1.807) is 12.1 Å². The zero-order valence-electron chi connectivity index (χ0n) is 19.6. The van der Waals surface area contributed by atoms with Crippen molar-refractivity contribution in [2.24, 2.45) is 5.11 Å². The second kappa shape index (κ2) is 11.0. The number of carbonyl (C=O) groups is 5. The molecule has 2 N–H and O–H groups in total. The lowest BCUT2D eigenvalue weighted by Gasteiger charge is -2.24. The van der Waals surface area contributed by atoms with Crippen molar-refractivity contribution in [1.82, 2.24) is 10.2 Å². The number of carboxylic acid groups (broad SMARTS) is 1. The average molecular weight is 492 g/mol. The average Bonchev–Trinajstić information content (AvgIpc) is 3.14. The topological polar surface area (TPSA) is 136 Å². The van der Waals surface area contributed by atoms with Crippen molar-refractivity contribution in [3.63, 3.8) is 0 Å². The Morgan fingerprint density at radius 1 is 1.03 bits per heavy atom. The highest BCUT2D eigenvalue weighted by atomic mass is 16.4. The van der Waals surface area contributed by atoms with Gasteiger partial charge in [-0.25, -0.2) is 4.79 Å². The van der Waals surface area contributed by atoms with Gasteiger partial charge in [-0.2, -0.15) is 0 Å². The molecule has 0 saturated carbocycles. The third kappa shape index (κ3) is 5.22. The first-order chi connectivity index (χ1) is 17.4. The molecular weight excluding hydrogens is 464 g/mol. The molecule has 0 radical (unpaired) electrons. The van der Waals surface area contributed by atoms with E-state index in [1.807, 2.05) is 30.3 Å². The zero-order valence-corrected chi connectivity index (χ0v) is 19.6. The Morgan fingerprint density at radius 2 is 1.67 bits per heavy atom. The van der Waals surface area contributed by atoms with Crippen LogP contribution in [0.2, 0.25) is 0 Å². The number of benzene rings is 2. The highest BCUT2D eigenvalue weighted by molar-refractivity contribution is 6.22. The van der Waals surface area contributed by atoms with Gasteiger partial charge in [0.05, 0.1) is 11.1 Å². The molecule has 36 heavy (non-hydrogen) atoms. The molecule has 0 spiro atoms. The zero-order chi connectivity index (χ0) is 25.7. The predicted molar refractivity (Wildman–Crippen MR) is 126 cm³/mol. The van der Waals surface area contributed by atoms with Gasteiger partial charge in [-0.15, -0.1) is 0 Å². The number of hydrogen-bond acceptors (Lipinski definition) is 6. The van der Waals surface area contributed by atoms with Crippen LogP contribution in [0.3, 0.4) is 0 Å². The van der Waals surface area contributed by atoms with Gasteiger partial charge >= 0.3 is 11.9 Å². The number of rotatable bonds is 9. The van der Waals surface area contributed by atoms with E-state index in [2.05, 4.69) is 10.4 Å². The van der Waals surface area contributed by atoms with Gasteiger partial charge in [-0.1, -0.05) is 42.5 Å². The van der Waals surface area contributed by atoms with Crippen molar-refractivity contribution >= 4 is 29.6 Å². The number of azo groups is 2.